The van der Waals surface area contributed by atoms with Crippen molar-refractivity contribution in [3.05, 3.63) is 57.3 Å². The number of carboxylic acid groups (broad SMARTS) is 1. The average molecular weight is 330 g/mol. The van der Waals surface area contributed by atoms with Crippen molar-refractivity contribution in [2.45, 2.75) is 0 Å². The summed E-state index contributed by atoms with van der Waals surface area (Å²) in [6.07, 6.45) is 0. The SMILES string of the molecule is O=C(O)c1cccc(-c2ccc(Br)c(Cl)c2F)c1. The smallest absolute Gasteiger partial charge is 0.335 e. The van der Waals surface area contributed by atoms with Crippen LogP contribution in [0.25, 0.3) is 11.1 Å². The zero-order valence-electron chi connectivity index (χ0n) is 8.95. The van der Waals surface area contributed by atoms with Crippen molar-refractivity contribution < 1.29 is 14.3 Å². The van der Waals surface area contributed by atoms with Crippen LogP contribution in [-0.4, -0.2) is 11.1 Å². The van der Waals surface area contributed by atoms with Crippen molar-refractivity contribution >= 4 is 33.5 Å². The molecule has 0 aromatic heterocycles. The van der Waals surface area contributed by atoms with Crippen molar-refractivity contribution in [3.8, 4) is 11.1 Å². The molecule has 0 saturated heterocycles. The molecule has 0 bridgehead atoms. The van der Waals surface area contributed by atoms with E-state index < -0.39 is 11.8 Å². The molecule has 0 amide bonds. The molecule has 0 heterocycles. The van der Waals surface area contributed by atoms with E-state index in [9.17, 15) is 9.18 Å². The molecule has 0 aliphatic rings. The van der Waals surface area contributed by atoms with Gasteiger partial charge in [-0.1, -0.05) is 29.8 Å². The molecular weight excluding hydrogens is 322 g/mol. The summed E-state index contributed by atoms with van der Waals surface area (Å²) >= 11 is 8.92. The van der Waals surface area contributed by atoms with Crippen molar-refractivity contribution in [3.63, 3.8) is 0 Å². The molecule has 0 radical (unpaired) electrons. The molecule has 0 aliphatic heterocycles. The lowest BCUT2D eigenvalue weighted by atomic mass is 10.0. The predicted molar refractivity (Wildman–Crippen MR) is 71.5 cm³/mol. The third-order valence-electron chi connectivity index (χ3n) is 2.46. The minimum absolute atomic E-state index is 0.0202. The van der Waals surface area contributed by atoms with Gasteiger partial charge < -0.3 is 5.11 Å². The summed E-state index contributed by atoms with van der Waals surface area (Å²) in [5.41, 5.74) is 0.846. The standard InChI is InChI=1S/C13H7BrClFO2/c14-10-5-4-9(12(16)11(10)15)7-2-1-3-8(6-7)13(17)18/h1-6H,(H,17,18). The maximum Gasteiger partial charge on any atom is 0.335 e. The van der Waals surface area contributed by atoms with Crippen molar-refractivity contribution in [2.75, 3.05) is 0 Å². The van der Waals surface area contributed by atoms with Crippen LogP contribution < -0.4 is 0 Å². The van der Waals surface area contributed by atoms with E-state index in [0.29, 0.717) is 10.0 Å². The van der Waals surface area contributed by atoms with Gasteiger partial charge in [0.05, 0.1) is 10.6 Å². The Bertz CT molecular complexity index is 628. The average Bonchev–Trinajstić information content (AvgIpc) is 2.36. The van der Waals surface area contributed by atoms with Gasteiger partial charge in [-0.25, -0.2) is 9.18 Å². The Hall–Kier alpha value is -1.39. The van der Waals surface area contributed by atoms with E-state index >= 15 is 0 Å². The molecular formula is C13H7BrClFO2. The topological polar surface area (TPSA) is 37.3 Å². The number of benzene rings is 2. The highest BCUT2D eigenvalue weighted by Crippen LogP contribution is 2.33. The zero-order chi connectivity index (χ0) is 13.3. The molecule has 0 spiro atoms. The van der Waals surface area contributed by atoms with Crippen molar-refractivity contribution in [1.82, 2.24) is 0 Å². The van der Waals surface area contributed by atoms with E-state index in [-0.39, 0.29) is 16.1 Å². The minimum Gasteiger partial charge on any atom is -0.478 e. The highest BCUT2D eigenvalue weighted by atomic mass is 79.9. The fourth-order valence-corrected chi connectivity index (χ4v) is 2.04. The molecule has 0 fully saturated rings. The van der Waals surface area contributed by atoms with Gasteiger partial charge in [0.25, 0.3) is 0 Å². The summed E-state index contributed by atoms with van der Waals surface area (Å²) in [7, 11) is 0. The fourth-order valence-electron chi connectivity index (χ4n) is 1.57. The Morgan fingerprint density at radius 3 is 2.67 bits per heavy atom. The third kappa shape index (κ3) is 2.40. The van der Waals surface area contributed by atoms with Gasteiger partial charge in [-0.3, -0.25) is 0 Å². The molecule has 18 heavy (non-hydrogen) atoms. The summed E-state index contributed by atoms with van der Waals surface area (Å²) in [6.45, 7) is 0. The molecule has 5 heteroatoms. The van der Waals surface area contributed by atoms with Crippen LogP contribution in [0.5, 0.6) is 0 Å². The summed E-state index contributed by atoms with van der Waals surface area (Å²) < 4.78 is 14.4. The van der Waals surface area contributed by atoms with Crippen molar-refractivity contribution in [2.24, 2.45) is 0 Å². The summed E-state index contributed by atoms with van der Waals surface area (Å²) in [6, 6.07) is 9.22. The van der Waals surface area contributed by atoms with Crippen LogP contribution in [0.3, 0.4) is 0 Å². The number of halogens is 3. The van der Waals surface area contributed by atoms with Gasteiger partial charge in [-0.05, 0) is 39.7 Å². The maximum absolute atomic E-state index is 14.0. The minimum atomic E-state index is -1.06. The monoisotopic (exact) mass is 328 g/mol. The molecule has 0 aliphatic carbocycles. The number of aromatic carboxylic acids is 1. The predicted octanol–water partition coefficient (Wildman–Crippen LogP) is 4.61. The van der Waals surface area contributed by atoms with Crippen LogP contribution in [0.2, 0.25) is 5.02 Å². The van der Waals surface area contributed by atoms with E-state index in [2.05, 4.69) is 15.9 Å². The molecule has 1 N–H and O–H groups in total. The van der Waals surface area contributed by atoms with Gasteiger partial charge in [0.2, 0.25) is 0 Å². The first-order valence-corrected chi connectivity index (χ1v) is 6.15. The number of carbonyl (C=O) groups is 1. The molecule has 2 rings (SSSR count). The second-order valence-electron chi connectivity index (χ2n) is 3.61. The number of carboxylic acids is 1. The number of rotatable bonds is 2. The van der Waals surface area contributed by atoms with Crippen LogP contribution in [0, 0.1) is 5.82 Å². The van der Waals surface area contributed by atoms with E-state index in [4.69, 9.17) is 16.7 Å². The van der Waals surface area contributed by atoms with E-state index in [0.717, 1.165) is 0 Å². The molecule has 0 saturated carbocycles. The Morgan fingerprint density at radius 1 is 1.28 bits per heavy atom. The molecule has 2 aromatic rings. The van der Waals surface area contributed by atoms with Crippen LogP contribution in [0.15, 0.2) is 40.9 Å². The van der Waals surface area contributed by atoms with Crippen LogP contribution in [0.1, 0.15) is 10.4 Å². The Labute approximate surface area is 116 Å². The van der Waals surface area contributed by atoms with E-state index in [1.165, 1.54) is 12.1 Å². The van der Waals surface area contributed by atoms with Gasteiger partial charge in [-0.15, -0.1) is 0 Å². The Balaban J connectivity index is 2.59. The van der Waals surface area contributed by atoms with E-state index in [1.54, 1.807) is 24.3 Å². The first-order chi connectivity index (χ1) is 8.50. The maximum atomic E-state index is 14.0. The summed E-state index contributed by atoms with van der Waals surface area (Å²) in [5, 5.41) is 8.88. The normalized spacial score (nSPS) is 10.4. The van der Waals surface area contributed by atoms with Gasteiger partial charge >= 0.3 is 5.97 Å². The number of hydrogen-bond acceptors (Lipinski definition) is 1. The fraction of sp³-hybridized carbons (Fsp3) is 0. The van der Waals surface area contributed by atoms with Crippen LogP contribution in [0.4, 0.5) is 4.39 Å². The highest BCUT2D eigenvalue weighted by Gasteiger charge is 2.13. The van der Waals surface area contributed by atoms with Gasteiger partial charge in [-0.2, -0.15) is 0 Å². The van der Waals surface area contributed by atoms with Crippen LogP contribution >= 0.6 is 27.5 Å². The van der Waals surface area contributed by atoms with Gasteiger partial charge in [0.15, 0.2) is 5.82 Å². The molecule has 0 unspecified atom stereocenters. The van der Waals surface area contributed by atoms with Crippen LogP contribution in [-0.2, 0) is 0 Å². The highest BCUT2D eigenvalue weighted by molar-refractivity contribution is 9.10. The quantitative estimate of drug-likeness (QED) is 0.817. The molecule has 2 aromatic carbocycles. The summed E-state index contributed by atoms with van der Waals surface area (Å²) in [4.78, 5) is 10.9. The lowest BCUT2D eigenvalue weighted by molar-refractivity contribution is 0.0697. The molecule has 2 nitrogen and oxygen atoms in total. The van der Waals surface area contributed by atoms with Gasteiger partial charge in [0.1, 0.15) is 0 Å². The molecule has 0 atom stereocenters. The van der Waals surface area contributed by atoms with E-state index in [1.807, 2.05) is 0 Å². The second kappa shape index (κ2) is 5.08. The first-order valence-electron chi connectivity index (χ1n) is 4.98. The summed E-state index contributed by atoms with van der Waals surface area (Å²) in [5.74, 6) is -1.63. The Kier molecular flexibility index (Phi) is 3.68. The number of hydrogen-bond donors (Lipinski definition) is 1. The lowest BCUT2D eigenvalue weighted by Crippen LogP contribution is -1.96. The van der Waals surface area contributed by atoms with Gasteiger partial charge in [0, 0.05) is 10.0 Å². The van der Waals surface area contributed by atoms with Crippen molar-refractivity contribution in [1.29, 1.82) is 0 Å². The first kappa shape index (κ1) is 13.1. The Morgan fingerprint density at radius 2 is 2.00 bits per heavy atom. The third-order valence-corrected chi connectivity index (χ3v) is 3.71. The second-order valence-corrected chi connectivity index (χ2v) is 4.84. The molecule has 92 valence electrons. The lowest BCUT2D eigenvalue weighted by Gasteiger charge is -2.07. The largest absolute Gasteiger partial charge is 0.478 e. The zero-order valence-corrected chi connectivity index (χ0v) is 11.3.